The van der Waals surface area contributed by atoms with Gasteiger partial charge in [0.15, 0.2) is 0 Å². The molecular weight excluding hydrogens is 298 g/mol. The summed E-state index contributed by atoms with van der Waals surface area (Å²) in [7, 11) is 0. The summed E-state index contributed by atoms with van der Waals surface area (Å²) < 4.78 is 2.02. The molecule has 0 amide bonds. The van der Waals surface area contributed by atoms with Gasteiger partial charge in [-0.1, -0.05) is 30.3 Å². The van der Waals surface area contributed by atoms with Gasteiger partial charge in [0, 0.05) is 47.4 Å². The van der Waals surface area contributed by atoms with Crippen molar-refractivity contribution in [3.63, 3.8) is 0 Å². The maximum absolute atomic E-state index is 4.46. The molecule has 2 heterocycles. The van der Waals surface area contributed by atoms with Gasteiger partial charge in [0.25, 0.3) is 0 Å². The van der Waals surface area contributed by atoms with Gasteiger partial charge < -0.3 is 5.32 Å². The monoisotopic (exact) mass is 319 g/mol. The number of thioether (sulfide) groups is 2. The van der Waals surface area contributed by atoms with Gasteiger partial charge in [0.05, 0.1) is 12.7 Å². The van der Waals surface area contributed by atoms with E-state index in [1.165, 1.54) is 34.1 Å². The number of benzene rings is 1. The Morgan fingerprint density at radius 2 is 1.86 bits per heavy atom. The van der Waals surface area contributed by atoms with E-state index in [-0.39, 0.29) is 0 Å². The number of nitrogens with zero attached hydrogens (tertiary/aromatic N) is 2. The number of aromatic nitrogens is 2. The van der Waals surface area contributed by atoms with E-state index in [0.29, 0.717) is 6.04 Å². The van der Waals surface area contributed by atoms with Crippen molar-refractivity contribution in [3.05, 3.63) is 53.9 Å². The fraction of sp³-hybridized carbons (Fsp3) is 0.438. The van der Waals surface area contributed by atoms with Gasteiger partial charge in [-0.3, -0.25) is 4.68 Å². The van der Waals surface area contributed by atoms with Crippen molar-refractivity contribution < 1.29 is 0 Å². The summed E-state index contributed by atoms with van der Waals surface area (Å²) in [6, 6.07) is 11.1. The standard InChI is InChI=1S/C16H21N3S2/c1-2-4-14(5-3-1)10-19-11-15(9-18-19)8-17-16-12-20-6-7-21-13-16/h1-5,9,11,16-17H,6-8,10,12-13H2. The van der Waals surface area contributed by atoms with E-state index in [1.54, 1.807) is 0 Å². The first-order chi connectivity index (χ1) is 10.4. The number of rotatable bonds is 5. The van der Waals surface area contributed by atoms with Crippen LogP contribution in [0.2, 0.25) is 0 Å². The number of hydrogen-bond donors (Lipinski definition) is 1. The molecule has 1 aromatic heterocycles. The maximum Gasteiger partial charge on any atom is 0.0659 e. The van der Waals surface area contributed by atoms with E-state index >= 15 is 0 Å². The van der Waals surface area contributed by atoms with E-state index in [2.05, 4.69) is 64.4 Å². The molecule has 5 heteroatoms. The average Bonchev–Trinajstić information content (AvgIpc) is 2.80. The van der Waals surface area contributed by atoms with Gasteiger partial charge in [-0.05, 0) is 5.56 Å². The minimum Gasteiger partial charge on any atom is -0.308 e. The molecular formula is C16H21N3S2. The topological polar surface area (TPSA) is 29.9 Å². The Morgan fingerprint density at radius 1 is 1.10 bits per heavy atom. The van der Waals surface area contributed by atoms with Gasteiger partial charge >= 0.3 is 0 Å². The summed E-state index contributed by atoms with van der Waals surface area (Å²) in [5.41, 5.74) is 2.56. The van der Waals surface area contributed by atoms with Crippen LogP contribution in [0.3, 0.4) is 0 Å². The van der Waals surface area contributed by atoms with Crippen molar-refractivity contribution in [1.82, 2.24) is 15.1 Å². The third kappa shape index (κ3) is 4.80. The molecule has 112 valence electrons. The van der Waals surface area contributed by atoms with Crippen LogP contribution in [0.5, 0.6) is 0 Å². The third-order valence-corrected chi connectivity index (χ3v) is 6.00. The Balaban J connectivity index is 1.50. The minimum atomic E-state index is 0.625. The van der Waals surface area contributed by atoms with Crippen molar-refractivity contribution >= 4 is 23.5 Å². The van der Waals surface area contributed by atoms with Gasteiger partial charge in [-0.25, -0.2) is 0 Å². The highest BCUT2D eigenvalue weighted by Gasteiger charge is 2.12. The minimum absolute atomic E-state index is 0.625. The zero-order chi connectivity index (χ0) is 14.3. The molecule has 0 saturated carbocycles. The van der Waals surface area contributed by atoms with E-state index < -0.39 is 0 Å². The quantitative estimate of drug-likeness (QED) is 0.918. The fourth-order valence-corrected chi connectivity index (χ4v) is 4.82. The summed E-state index contributed by atoms with van der Waals surface area (Å²) in [6.45, 7) is 1.76. The Kier molecular flexibility index (Phi) is 5.66. The lowest BCUT2D eigenvalue weighted by molar-refractivity contribution is 0.603. The zero-order valence-corrected chi connectivity index (χ0v) is 13.7. The van der Waals surface area contributed by atoms with Crippen LogP contribution >= 0.6 is 23.5 Å². The zero-order valence-electron chi connectivity index (χ0n) is 12.1. The maximum atomic E-state index is 4.46. The fourth-order valence-electron chi connectivity index (χ4n) is 2.35. The van der Waals surface area contributed by atoms with Crippen molar-refractivity contribution in [2.75, 3.05) is 23.0 Å². The Morgan fingerprint density at radius 3 is 2.62 bits per heavy atom. The summed E-state index contributed by atoms with van der Waals surface area (Å²) in [5.74, 6) is 5.03. The lowest BCUT2D eigenvalue weighted by Gasteiger charge is -2.14. The van der Waals surface area contributed by atoms with Crippen LogP contribution in [0.1, 0.15) is 11.1 Å². The normalized spacial score (nSPS) is 16.8. The van der Waals surface area contributed by atoms with Crippen LogP contribution in [0.4, 0.5) is 0 Å². The number of nitrogens with one attached hydrogen (secondary N) is 1. The second kappa shape index (κ2) is 7.92. The SMILES string of the molecule is c1ccc(Cn2cc(CNC3CSCCSC3)cn2)cc1. The highest BCUT2D eigenvalue weighted by Crippen LogP contribution is 2.16. The molecule has 1 aromatic carbocycles. The van der Waals surface area contributed by atoms with Crippen molar-refractivity contribution in [2.45, 2.75) is 19.1 Å². The second-order valence-electron chi connectivity index (χ2n) is 5.26. The highest BCUT2D eigenvalue weighted by atomic mass is 32.2. The van der Waals surface area contributed by atoms with Crippen LogP contribution in [-0.2, 0) is 13.1 Å². The molecule has 0 atom stereocenters. The van der Waals surface area contributed by atoms with Crippen LogP contribution in [0.15, 0.2) is 42.7 Å². The van der Waals surface area contributed by atoms with Crippen molar-refractivity contribution in [3.8, 4) is 0 Å². The molecule has 1 N–H and O–H groups in total. The van der Waals surface area contributed by atoms with Crippen molar-refractivity contribution in [2.24, 2.45) is 0 Å². The Labute approximate surface area is 134 Å². The van der Waals surface area contributed by atoms with Crippen LogP contribution < -0.4 is 5.32 Å². The van der Waals surface area contributed by atoms with E-state index in [9.17, 15) is 0 Å². The van der Waals surface area contributed by atoms with E-state index in [0.717, 1.165) is 13.1 Å². The van der Waals surface area contributed by atoms with E-state index in [4.69, 9.17) is 0 Å². The molecule has 0 unspecified atom stereocenters. The molecule has 1 aliphatic heterocycles. The average molecular weight is 319 g/mol. The molecule has 3 rings (SSSR count). The lowest BCUT2D eigenvalue weighted by atomic mass is 10.2. The highest BCUT2D eigenvalue weighted by molar-refractivity contribution is 8.03. The van der Waals surface area contributed by atoms with Crippen molar-refractivity contribution in [1.29, 1.82) is 0 Å². The second-order valence-corrected chi connectivity index (χ2v) is 7.56. The molecule has 1 aliphatic rings. The summed E-state index contributed by atoms with van der Waals surface area (Å²) in [4.78, 5) is 0. The molecule has 0 spiro atoms. The lowest BCUT2D eigenvalue weighted by Crippen LogP contribution is -2.32. The molecule has 1 fully saturated rings. The predicted octanol–water partition coefficient (Wildman–Crippen LogP) is 2.87. The first-order valence-electron chi connectivity index (χ1n) is 7.34. The van der Waals surface area contributed by atoms with Gasteiger partial charge in [-0.2, -0.15) is 28.6 Å². The Hall–Kier alpha value is -0.910. The van der Waals surface area contributed by atoms with Crippen LogP contribution in [0.25, 0.3) is 0 Å². The van der Waals surface area contributed by atoms with Crippen LogP contribution in [0, 0.1) is 0 Å². The smallest absolute Gasteiger partial charge is 0.0659 e. The summed E-state index contributed by atoms with van der Waals surface area (Å²) in [5, 5.41) is 8.12. The third-order valence-electron chi connectivity index (χ3n) is 3.48. The number of hydrogen-bond acceptors (Lipinski definition) is 4. The van der Waals surface area contributed by atoms with E-state index in [1.807, 2.05) is 16.9 Å². The molecule has 0 aliphatic carbocycles. The molecule has 0 bridgehead atoms. The molecule has 21 heavy (non-hydrogen) atoms. The van der Waals surface area contributed by atoms with Gasteiger partial charge in [0.2, 0.25) is 0 Å². The van der Waals surface area contributed by atoms with Crippen LogP contribution in [-0.4, -0.2) is 38.8 Å². The summed E-state index contributed by atoms with van der Waals surface area (Å²) >= 11 is 4.12. The predicted molar refractivity (Wildman–Crippen MR) is 93.0 cm³/mol. The van der Waals surface area contributed by atoms with Gasteiger partial charge in [0.1, 0.15) is 0 Å². The largest absolute Gasteiger partial charge is 0.308 e. The molecule has 1 saturated heterocycles. The summed E-state index contributed by atoms with van der Waals surface area (Å²) in [6.07, 6.45) is 4.13. The molecule has 3 nitrogen and oxygen atoms in total. The molecule has 0 radical (unpaired) electrons. The first-order valence-corrected chi connectivity index (χ1v) is 9.65. The Bertz CT molecular complexity index is 533. The molecule has 2 aromatic rings. The first kappa shape index (κ1) is 15.0. The van der Waals surface area contributed by atoms with Gasteiger partial charge in [-0.15, -0.1) is 0 Å².